The van der Waals surface area contributed by atoms with E-state index in [4.69, 9.17) is 38.0 Å². The number of ether oxygens (including phenoxy) is 7. The summed E-state index contributed by atoms with van der Waals surface area (Å²) < 4.78 is 40.1. The normalized spacial score (nSPS) is 16.1. The minimum Gasteiger partial charge on any atom is -0.493 e. The van der Waals surface area contributed by atoms with Crippen molar-refractivity contribution >= 4 is 17.3 Å². The third-order valence-corrected chi connectivity index (χ3v) is 8.80. The second-order valence-corrected chi connectivity index (χ2v) is 11.9. The smallest absolute Gasteiger partial charge is 0.255 e. The van der Waals surface area contributed by atoms with Crippen molar-refractivity contribution in [1.29, 1.82) is 0 Å². The molecule has 12 heteroatoms. The summed E-state index contributed by atoms with van der Waals surface area (Å²) in [5, 5.41) is 10.7. The molecule has 0 bridgehead atoms. The monoisotopic (exact) mass is 697 g/mol. The number of unbranched alkanes of at least 4 members (excludes halogenated alkanes) is 2. The molecule has 0 radical (unpaired) electrons. The molecule has 2 atom stereocenters. The Labute approximate surface area is 297 Å². The number of hydrogen-bond donors (Lipinski definition) is 2. The van der Waals surface area contributed by atoms with Crippen LogP contribution in [0.1, 0.15) is 65.0 Å². The molecule has 0 aliphatic carbocycles. The lowest BCUT2D eigenvalue weighted by atomic mass is 9.98. The zero-order valence-corrected chi connectivity index (χ0v) is 29.4. The highest BCUT2D eigenvalue weighted by molar-refractivity contribution is 6.02. The molecule has 4 aromatic carbocycles. The number of para-hydroxylation sites is 2. The quantitative estimate of drug-likeness (QED) is 0.117. The van der Waals surface area contributed by atoms with Gasteiger partial charge < -0.3 is 48.6 Å². The first-order chi connectivity index (χ1) is 25.0. The van der Waals surface area contributed by atoms with Gasteiger partial charge in [-0.15, -0.1) is 0 Å². The van der Waals surface area contributed by atoms with Crippen molar-refractivity contribution in [3.63, 3.8) is 0 Å². The van der Waals surface area contributed by atoms with Crippen molar-refractivity contribution in [3.05, 3.63) is 95.1 Å². The second-order valence-electron chi connectivity index (χ2n) is 11.9. The van der Waals surface area contributed by atoms with Crippen LogP contribution < -0.4 is 43.8 Å². The van der Waals surface area contributed by atoms with Gasteiger partial charge in [-0.3, -0.25) is 4.79 Å². The van der Waals surface area contributed by atoms with Gasteiger partial charge in [-0.25, -0.2) is 0 Å². The van der Waals surface area contributed by atoms with Gasteiger partial charge in [0.25, 0.3) is 5.91 Å². The van der Waals surface area contributed by atoms with Gasteiger partial charge in [0.15, 0.2) is 40.6 Å². The summed E-state index contributed by atoms with van der Waals surface area (Å²) in [6.45, 7) is 1.04. The van der Waals surface area contributed by atoms with E-state index in [1.165, 1.54) is 0 Å². The topological polar surface area (TPSA) is 127 Å². The van der Waals surface area contributed by atoms with E-state index in [9.17, 15) is 4.79 Å². The van der Waals surface area contributed by atoms with Crippen LogP contribution >= 0.6 is 0 Å². The van der Waals surface area contributed by atoms with Crippen LogP contribution in [0.4, 0.5) is 5.69 Å². The number of hydrogen-bond acceptors (Lipinski definition) is 11. The number of nitrogens with zero attached hydrogens (tertiary/aromatic N) is 1. The van der Waals surface area contributed by atoms with Gasteiger partial charge >= 0.3 is 0 Å². The minimum atomic E-state index is -0.375. The van der Waals surface area contributed by atoms with Crippen LogP contribution in [0.5, 0.6) is 40.2 Å². The number of carbonyl (C=O) groups is 1. The number of amides is 1. The molecule has 0 aromatic heterocycles. The van der Waals surface area contributed by atoms with E-state index in [-0.39, 0.29) is 18.2 Å². The molecule has 6 rings (SSSR count). The molecule has 1 amide bonds. The van der Waals surface area contributed by atoms with E-state index in [0.717, 1.165) is 47.4 Å². The molecular weight excluding hydrogens is 654 g/mol. The van der Waals surface area contributed by atoms with E-state index < -0.39 is 0 Å². The lowest BCUT2D eigenvalue weighted by Crippen LogP contribution is -2.38. The van der Waals surface area contributed by atoms with Gasteiger partial charge in [-0.2, -0.15) is 0 Å². The van der Waals surface area contributed by atoms with Gasteiger partial charge in [-0.1, -0.05) is 35.5 Å². The average molecular weight is 698 g/mol. The number of rotatable bonds is 16. The predicted octanol–water partition coefficient (Wildman–Crippen LogP) is 7.08. The maximum absolute atomic E-state index is 12.6. The van der Waals surface area contributed by atoms with Crippen LogP contribution in [0.25, 0.3) is 0 Å². The number of nitrogens with one attached hydrogen (secondary N) is 2. The van der Waals surface area contributed by atoms with E-state index in [0.29, 0.717) is 65.4 Å². The maximum atomic E-state index is 12.6. The largest absolute Gasteiger partial charge is 0.493 e. The molecule has 4 aromatic rings. The fourth-order valence-electron chi connectivity index (χ4n) is 6.18. The van der Waals surface area contributed by atoms with Gasteiger partial charge in [0.2, 0.25) is 5.75 Å². The molecule has 268 valence electrons. The molecule has 0 fully saturated rings. The summed E-state index contributed by atoms with van der Waals surface area (Å²) >= 11 is 0. The fraction of sp³-hybridized carbons (Fsp3) is 0.333. The Morgan fingerprint density at radius 3 is 2.10 bits per heavy atom. The van der Waals surface area contributed by atoms with Gasteiger partial charge in [0.05, 0.1) is 60.0 Å². The molecule has 0 saturated heterocycles. The highest BCUT2D eigenvalue weighted by atomic mass is 16.6. The van der Waals surface area contributed by atoms with Crippen molar-refractivity contribution in [1.82, 2.24) is 5.32 Å². The molecule has 2 heterocycles. The van der Waals surface area contributed by atoms with Crippen molar-refractivity contribution in [3.8, 4) is 40.2 Å². The molecule has 2 N–H and O–H groups in total. The first-order valence-corrected chi connectivity index (χ1v) is 16.8. The lowest BCUT2D eigenvalue weighted by molar-refractivity contribution is 0.0832. The standard InChI is InChI=1S/C39H43N3O9/c1-44-33-20-24(38-40-28-14-8-7-12-26(28)39(43)41-38)16-17-30(33)49-18-9-6-10-19-50-31-15-11-13-27(36(31)47-4)32-23-29(42-51-32)25-21-34(45-2)37(48-5)35(22-25)46-3/h7-8,11-17,20-22,32,38,40H,6,9-10,18-19,23H2,1-5H3,(H,41,43). The fourth-order valence-corrected chi connectivity index (χ4v) is 6.18. The summed E-state index contributed by atoms with van der Waals surface area (Å²) in [4.78, 5) is 18.5. The van der Waals surface area contributed by atoms with Crippen LogP contribution in [-0.4, -0.2) is 60.4 Å². The van der Waals surface area contributed by atoms with Crippen LogP contribution in [-0.2, 0) is 4.84 Å². The van der Waals surface area contributed by atoms with E-state index >= 15 is 0 Å². The van der Waals surface area contributed by atoms with Crippen molar-refractivity contribution < 1.29 is 42.8 Å². The number of methoxy groups -OCH3 is 5. The SMILES string of the molecule is COc1cc(C2NC(=O)c3ccccc3N2)ccc1OCCCCCOc1cccc(C2CC(c3cc(OC)c(OC)c(OC)c3)=NO2)c1OC. The first kappa shape index (κ1) is 35.1. The summed E-state index contributed by atoms with van der Waals surface area (Å²) in [6, 6.07) is 22.6. The summed E-state index contributed by atoms with van der Waals surface area (Å²) in [7, 11) is 7.96. The Morgan fingerprint density at radius 1 is 0.686 bits per heavy atom. The van der Waals surface area contributed by atoms with Crippen molar-refractivity contribution in [2.45, 2.75) is 38.0 Å². The van der Waals surface area contributed by atoms with E-state index in [1.807, 2.05) is 66.7 Å². The molecule has 12 nitrogen and oxygen atoms in total. The maximum Gasteiger partial charge on any atom is 0.255 e. The number of fused-ring (bicyclic) bond motifs is 1. The van der Waals surface area contributed by atoms with Crippen molar-refractivity contribution in [2.75, 3.05) is 54.1 Å². The van der Waals surface area contributed by atoms with Crippen LogP contribution in [0.15, 0.2) is 78.0 Å². The highest BCUT2D eigenvalue weighted by Gasteiger charge is 2.30. The lowest BCUT2D eigenvalue weighted by Gasteiger charge is -2.28. The molecule has 51 heavy (non-hydrogen) atoms. The Bertz CT molecular complexity index is 1850. The van der Waals surface area contributed by atoms with Crippen molar-refractivity contribution in [2.24, 2.45) is 5.16 Å². The minimum absolute atomic E-state index is 0.121. The Balaban J connectivity index is 0.980. The highest BCUT2D eigenvalue weighted by Crippen LogP contribution is 2.43. The summed E-state index contributed by atoms with van der Waals surface area (Å²) in [5.74, 6) is 4.00. The van der Waals surface area contributed by atoms with Gasteiger partial charge in [0, 0.05) is 23.2 Å². The predicted molar refractivity (Wildman–Crippen MR) is 192 cm³/mol. The zero-order chi connectivity index (χ0) is 35.7. The number of carbonyl (C=O) groups excluding carboxylic acids is 1. The van der Waals surface area contributed by atoms with Crippen LogP contribution in [0, 0.1) is 0 Å². The van der Waals surface area contributed by atoms with Gasteiger partial charge in [-0.05, 0) is 67.3 Å². The first-order valence-electron chi connectivity index (χ1n) is 16.8. The van der Waals surface area contributed by atoms with Crippen LogP contribution in [0.3, 0.4) is 0 Å². The molecule has 0 spiro atoms. The third-order valence-electron chi connectivity index (χ3n) is 8.80. The average Bonchev–Trinajstić information content (AvgIpc) is 3.67. The second kappa shape index (κ2) is 16.3. The Morgan fingerprint density at radius 2 is 1.39 bits per heavy atom. The number of anilines is 1. The Hall–Kier alpha value is -5.78. The molecule has 2 aliphatic heterocycles. The molecule has 0 saturated carbocycles. The number of oxime groups is 1. The number of benzene rings is 4. The molecular formula is C39H43N3O9. The third kappa shape index (κ3) is 7.69. The molecule has 2 aliphatic rings. The zero-order valence-electron chi connectivity index (χ0n) is 29.4. The van der Waals surface area contributed by atoms with Crippen LogP contribution in [0.2, 0.25) is 0 Å². The molecule has 2 unspecified atom stereocenters. The summed E-state index contributed by atoms with van der Waals surface area (Å²) in [5.41, 5.74) is 4.70. The van der Waals surface area contributed by atoms with E-state index in [1.54, 1.807) is 41.6 Å². The summed E-state index contributed by atoms with van der Waals surface area (Å²) in [6.07, 6.45) is 2.36. The van der Waals surface area contributed by atoms with E-state index in [2.05, 4.69) is 15.8 Å². The van der Waals surface area contributed by atoms with Gasteiger partial charge in [0.1, 0.15) is 6.17 Å². The Kier molecular flexibility index (Phi) is 11.2.